The monoisotopic (exact) mass is 774 g/mol. The highest BCUT2D eigenvalue weighted by atomic mass is 32.2. The van der Waals surface area contributed by atoms with Crippen LogP contribution in [-0.4, -0.2) is 88.0 Å². The van der Waals surface area contributed by atoms with Gasteiger partial charge in [-0.1, -0.05) is 40.5 Å². The van der Waals surface area contributed by atoms with Crippen molar-refractivity contribution < 1.29 is 16.8 Å². The Labute approximate surface area is 315 Å². The molecular weight excluding hydrogens is 725 g/mol. The average Bonchev–Trinajstić information content (AvgIpc) is 3.82. The predicted molar refractivity (Wildman–Crippen MR) is 207 cm³/mol. The van der Waals surface area contributed by atoms with Gasteiger partial charge in [0.1, 0.15) is 11.6 Å². The van der Waals surface area contributed by atoms with Crippen molar-refractivity contribution in [1.29, 1.82) is 0 Å². The van der Waals surface area contributed by atoms with Crippen molar-refractivity contribution in [3.05, 3.63) is 48.6 Å². The van der Waals surface area contributed by atoms with Gasteiger partial charge in [0.15, 0.2) is 42.3 Å². The van der Waals surface area contributed by atoms with Crippen LogP contribution in [0.1, 0.15) is 104 Å². The maximum absolute atomic E-state index is 12.5. The first-order valence-corrected chi connectivity index (χ1v) is 23.1. The number of rotatable bonds is 10. The molecule has 6 aromatic heterocycles. The van der Waals surface area contributed by atoms with E-state index in [1.54, 1.807) is 12.4 Å². The summed E-state index contributed by atoms with van der Waals surface area (Å²) in [6, 6.07) is 3.99. The van der Waals surface area contributed by atoms with Crippen LogP contribution in [0.5, 0.6) is 0 Å². The summed E-state index contributed by atoms with van der Waals surface area (Å²) in [5.41, 5.74) is 4.66. The van der Waals surface area contributed by atoms with Gasteiger partial charge < -0.3 is 9.97 Å². The third kappa shape index (κ3) is 5.93. The zero-order chi connectivity index (χ0) is 37.6. The number of H-pyrrole nitrogens is 2. The van der Waals surface area contributed by atoms with E-state index in [-0.39, 0.29) is 33.2 Å². The van der Waals surface area contributed by atoms with Crippen molar-refractivity contribution in [3.8, 4) is 0 Å². The topological polar surface area (TPSA) is 186 Å². The fourth-order valence-corrected chi connectivity index (χ4v) is 14.4. The number of hydrogen-bond donors (Lipinski definition) is 2. The number of fused-ring (bicyclic) bond motifs is 6. The molecule has 14 nitrogen and oxygen atoms in total. The predicted octanol–water partition coefficient (Wildman–Crippen LogP) is 5.75. The summed E-state index contributed by atoms with van der Waals surface area (Å²) in [6.07, 6.45) is 16.2. The SMILES string of the molecule is CC[C@@H]1C[C@H](CS(=O)(=O)C2CC2)C[C@]1(C)c1nnc2cnc3[nH]ccc3n12.CC[C@H]1C[C@@H](CS(=O)(=O)C2CC2)C[C@@]1(C)c1nnc2cnc3[nH]ccc3n12. The third-order valence-corrected chi connectivity index (χ3v) is 18.2. The quantitative estimate of drug-likeness (QED) is 0.174. The van der Waals surface area contributed by atoms with Gasteiger partial charge in [0.05, 0.1) is 45.4 Å². The lowest BCUT2D eigenvalue weighted by Crippen LogP contribution is -2.29. The second-order valence-electron chi connectivity index (χ2n) is 17.1. The highest BCUT2D eigenvalue weighted by molar-refractivity contribution is 7.92. The second-order valence-corrected chi connectivity index (χ2v) is 21.7. The number of nitrogens with one attached hydrogen (secondary N) is 2. The van der Waals surface area contributed by atoms with E-state index in [1.165, 1.54) is 0 Å². The van der Waals surface area contributed by atoms with Gasteiger partial charge >= 0.3 is 0 Å². The van der Waals surface area contributed by atoms with Crippen molar-refractivity contribution in [2.24, 2.45) is 23.7 Å². The molecule has 0 aliphatic heterocycles. The van der Waals surface area contributed by atoms with E-state index in [2.05, 4.69) is 76.8 Å². The fourth-order valence-electron chi connectivity index (χ4n) is 10.3. The van der Waals surface area contributed by atoms with Crippen LogP contribution in [0.2, 0.25) is 0 Å². The number of hydrogen-bond acceptors (Lipinski definition) is 10. The Bertz CT molecular complexity index is 2410. The van der Waals surface area contributed by atoms with Crippen molar-refractivity contribution >= 4 is 53.3 Å². The van der Waals surface area contributed by atoms with Gasteiger partial charge in [-0.3, -0.25) is 8.80 Å². The second kappa shape index (κ2) is 12.8. The molecule has 6 aromatic rings. The standard InChI is InChI=1S/2C19H25N5O2S/c2*1-3-13-8-12(11-27(25,26)14-4-5-14)9-19(13,2)18-23-22-16-10-21-17-15(24(16)18)6-7-20-17/h2*6-7,10,12-14,20H,3-5,8-9,11H2,1-2H3/t2*12-,13+,19-/m10/s1. The Morgan fingerprint density at radius 1 is 0.667 bits per heavy atom. The largest absolute Gasteiger partial charge is 0.345 e. The first-order chi connectivity index (χ1) is 25.8. The molecule has 10 rings (SSSR count). The van der Waals surface area contributed by atoms with Gasteiger partial charge in [-0.15, -0.1) is 20.4 Å². The van der Waals surface area contributed by atoms with Gasteiger partial charge in [-0.25, -0.2) is 26.8 Å². The van der Waals surface area contributed by atoms with E-state index in [0.717, 1.165) is 109 Å². The number of aromatic nitrogens is 10. The Hall–Kier alpha value is -3.92. The molecule has 0 spiro atoms. The smallest absolute Gasteiger partial charge is 0.179 e. The number of sulfone groups is 2. The summed E-state index contributed by atoms with van der Waals surface area (Å²) in [5.74, 6) is 3.69. The molecular formula is C38H50N10O4S2. The molecule has 2 N–H and O–H groups in total. The van der Waals surface area contributed by atoms with Crippen LogP contribution in [-0.2, 0) is 30.5 Å². The van der Waals surface area contributed by atoms with Gasteiger partial charge in [0.25, 0.3) is 0 Å². The van der Waals surface area contributed by atoms with Crippen LogP contribution in [0.4, 0.5) is 0 Å². The maximum Gasteiger partial charge on any atom is 0.179 e. The van der Waals surface area contributed by atoms with E-state index >= 15 is 0 Å². The molecule has 0 saturated heterocycles. The lowest BCUT2D eigenvalue weighted by atomic mass is 9.77. The number of nitrogens with zero attached hydrogens (tertiary/aromatic N) is 8. The van der Waals surface area contributed by atoms with Crippen molar-refractivity contribution in [2.75, 3.05) is 11.5 Å². The van der Waals surface area contributed by atoms with Gasteiger partial charge in [0, 0.05) is 23.2 Å². The van der Waals surface area contributed by atoms with Gasteiger partial charge in [-0.05, 0) is 87.2 Å². The molecule has 6 heterocycles. The van der Waals surface area contributed by atoms with Crippen LogP contribution in [0.25, 0.3) is 33.6 Å². The third-order valence-electron chi connectivity index (χ3n) is 13.4. The van der Waals surface area contributed by atoms with E-state index < -0.39 is 19.7 Å². The minimum absolute atomic E-state index is 0.0797. The van der Waals surface area contributed by atoms with E-state index in [0.29, 0.717) is 23.3 Å². The van der Waals surface area contributed by atoms with E-state index in [4.69, 9.17) is 0 Å². The average molecular weight is 775 g/mol. The molecule has 0 amide bonds. The Balaban J connectivity index is 0.000000142. The first-order valence-electron chi connectivity index (χ1n) is 19.6. The lowest BCUT2D eigenvalue weighted by Gasteiger charge is -2.29. The van der Waals surface area contributed by atoms with E-state index in [9.17, 15) is 16.8 Å². The maximum atomic E-state index is 12.5. The summed E-state index contributed by atoms with van der Waals surface area (Å²) < 4.78 is 54.4. The summed E-state index contributed by atoms with van der Waals surface area (Å²) in [7, 11) is -5.89. The zero-order valence-electron chi connectivity index (χ0n) is 31.4. The minimum Gasteiger partial charge on any atom is -0.345 e. The lowest BCUT2D eigenvalue weighted by molar-refractivity contribution is 0.315. The van der Waals surface area contributed by atoms with Crippen LogP contribution >= 0.6 is 0 Å². The Morgan fingerprint density at radius 3 is 1.44 bits per heavy atom. The van der Waals surface area contributed by atoms with Crippen LogP contribution in [0.15, 0.2) is 36.9 Å². The molecule has 4 saturated carbocycles. The van der Waals surface area contributed by atoms with Gasteiger partial charge in [-0.2, -0.15) is 0 Å². The number of aromatic amines is 2. The van der Waals surface area contributed by atoms with Crippen molar-refractivity contribution in [2.45, 2.75) is 113 Å². The molecule has 288 valence electrons. The molecule has 0 radical (unpaired) electrons. The molecule has 4 fully saturated rings. The Kier molecular flexibility index (Phi) is 8.49. The van der Waals surface area contributed by atoms with Crippen LogP contribution < -0.4 is 0 Å². The molecule has 6 atom stereocenters. The van der Waals surface area contributed by atoms with Gasteiger partial charge in [0.2, 0.25) is 0 Å². The van der Waals surface area contributed by atoms with Crippen LogP contribution in [0, 0.1) is 23.7 Å². The molecule has 0 aromatic carbocycles. The molecule has 4 aliphatic rings. The minimum atomic E-state index is -2.95. The normalized spacial score (nSPS) is 29.1. The Morgan fingerprint density at radius 2 is 1.07 bits per heavy atom. The summed E-state index contributed by atoms with van der Waals surface area (Å²) in [4.78, 5) is 15.1. The molecule has 0 unspecified atom stereocenters. The highest BCUT2D eigenvalue weighted by Gasteiger charge is 2.51. The summed E-state index contributed by atoms with van der Waals surface area (Å²) in [5, 5.41) is 17.7. The van der Waals surface area contributed by atoms with Crippen LogP contribution in [0.3, 0.4) is 0 Å². The molecule has 16 heteroatoms. The molecule has 4 aliphatic carbocycles. The molecule has 0 bridgehead atoms. The van der Waals surface area contributed by atoms with Crippen molar-refractivity contribution in [3.63, 3.8) is 0 Å². The summed E-state index contributed by atoms with van der Waals surface area (Å²) >= 11 is 0. The zero-order valence-corrected chi connectivity index (χ0v) is 33.1. The molecule has 54 heavy (non-hydrogen) atoms. The summed E-state index contributed by atoms with van der Waals surface area (Å²) in [6.45, 7) is 8.86. The highest BCUT2D eigenvalue weighted by Crippen LogP contribution is 2.52. The van der Waals surface area contributed by atoms with Crippen molar-refractivity contribution in [1.82, 2.24) is 49.1 Å². The van der Waals surface area contributed by atoms with E-state index in [1.807, 2.05) is 24.5 Å². The fraction of sp³-hybridized carbons (Fsp3) is 0.632. The first kappa shape index (κ1) is 35.8.